The molecule has 1 atom stereocenters. The molecule has 0 amide bonds. The minimum atomic E-state index is 0.714. The van der Waals surface area contributed by atoms with Gasteiger partial charge in [0.1, 0.15) is 0 Å². The Balaban J connectivity index is 3.16. The topological polar surface area (TPSA) is 23.9 Å². The lowest BCUT2D eigenvalue weighted by Crippen LogP contribution is -1.96. The Morgan fingerprint density at radius 1 is 1.18 bits per heavy atom. The standard InChI is InChI=1S/C10H21N/c1-9(2)5-4-6-10(3)7-8-11/h8-11H,4-7H2,1-3H3. The predicted octanol–water partition coefficient (Wildman–Crippen LogP) is 3.49. The van der Waals surface area contributed by atoms with Crippen LogP contribution in [0.5, 0.6) is 0 Å². The van der Waals surface area contributed by atoms with E-state index in [1.165, 1.54) is 25.5 Å². The second kappa shape index (κ2) is 6.38. The average molecular weight is 155 g/mol. The van der Waals surface area contributed by atoms with E-state index in [1.54, 1.807) is 0 Å². The molecule has 0 aromatic carbocycles. The first-order chi connectivity index (χ1) is 5.16. The Bertz CT molecular complexity index is 97.0. The predicted molar refractivity (Wildman–Crippen MR) is 51.3 cm³/mol. The maximum Gasteiger partial charge on any atom is -0.00451 e. The second-order valence-electron chi connectivity index (χ2n) is 3.87. The zero-order valence-electron chi connectivity index (χ0n) is 8.06. The molecule has 1 heteroatoms. The van der Waals surface area contributed by atoms with E-state index in [0.29, 0.717) is 5.92 Å². The van der Waals surface area contributed by atoms with Crippen molar-refractivity contribution in [2.75, 3.05) is 0 Å². The maximum atomic E-state index is 6.93. The molecule has 0 aliphatic rings. The van der Waals surface area contributed by atoms with Gasteiger partial charge in [-0.1, -0.05) is 40.0 Å². The summed E-state index contributed by atoms with van der Waals surface area (Å²) in [5.74, 6) is 1.55. The summed E-state index contributed by atoms with van der Waals surface area (Å²) in [4.78, 5) is 0. The largest absolute Gasteiger partial charge is 0.313 e. The Kier molecular flexibility index (Phi) is 6.19. The molecule has 0 heterocycles. The molecule has 66 valence electrons. The summed E-state index contributed by atoms with van der Waals surface area (Å²) < 4.78 is 0. The van der Waals surface area contributed by atoms with Crippen LogP contribution in [0, 0.1) is 17.2 Å². The first kappa shape index (κ1) is 10.7. The monoisotopic (exact) mass is 155 g/mol. The first-order valence-electron chi connectivity index (χ1n) is 4.65. The van der Waals surface area contributed by atoms with E-state index in [9.17, 15) is 0 Å². The van der Waals surface area contributed by atoms with Gasteiger partial charge in [0.2, 0.25) is 0 Å². The molecule has 1 N–H and O–H groups in total. The van der Waals surface area contributed by atoms with E-state index in [1.807, 2.05) is 0 Å². The molecule has 11 heavy (non-hydrogen) atoms. The summed E-state index contributed by atoms with van der Waals surface area (Å²) in [6.45, 7) is 6.76. The van der Waals surface area contributed by atoms with Crippen LogP contribution in [0.25, 0.3) is 0 Å². The molecule has 0 aliphatic heterocycles. The summed E-state index contributed by atoms with van der Waals surface area (Å²) in [5, 5.41) is 6.93. The maximum absolute atomic E-state index is 6.93. The van der Waals surface area contributed by atoms with Gasteiger partial charge in [-0.15, -0.1) is 0 Å². The molecule has 0 spiro atoms. The Labute approximate surface area is 70.7 Å². The molecule has 0 radical (unpaired) electrons. The lowest BCUT2D eigenvalue weighted by molar-refractivity contribution is 0.468. The van der Waals surface area contributed by atoms with Gasteiger partial charge in [-0.3, -0.25) is 0 Å². The molecule has 0 fully saturated rings. The summed E-state index contributed by atoms with van der Waals surface area (Å²) in [6, 6.07) is 0. The third kappa shape index (κ3) is 7.57. The van der Waals surface area contributed by atoms with Crippen molar-refractivity contribution in [1.29, 1.82) is 5.41 Å². The van der Waals surface area contributed by atoms with Crippen molar-refractivity contribution < 1.29 is 0 Å². The van der Waals surface area contributed by atoms with Gasteiger partial charge in [-0.05, 0) is 24.5 Å². The fourth-order valence-electron chi connectivity index (χ4n) is 1.19. The van der Waals surface area contributed by atoms with Crippen LogP contribution in [-0.2, 0) is 0 Å². The highest BCUT2D eigenvalue weighted by Crippen LogP contribution is 2.13. The van der Waals surface area contributed by atoms with Gasteiger partial charge < -0.3 is 5.41 Å². The quantitative estimate of drug-likeness (QED) is 0.568. The molecule has 0 bridgehead atoms. The Morgan fingerprint density at radius 2 is 1.82 bits per heavy atom. The fraction of sp³-hybridized carbons (Fsp3) is 0.900. The number of hydrogen-bond acceptors (Lipinski definition) is 1. The van der Waals surface area contributed by atoms with Crippen LogP contribution in [-0.4, -0.2) is 6.21 Å². The van der Waals surface area contributed by atoms with Gasteiger partial charge in [-0.25, -0.2) is 0 Å². The molecular formula is C10H21N. The highest BCUT2D eigenvalue weighted by Gasteiger charge is 2.00. The van der Waals surface area contributed by atoms with Crippen molar-refractivity contribution in [3.8, 4) is 0 Å². The summed E-state index contributed by atoms with van der Waals surface area (Å²) >= 11 is 0. The third-order valence-corrected chi connectivity index (χ3v) is 2.00. The van der Waals surface area contributed by atoms with E-state index in [2.05, 4.69) is 20.8 Å². The highest BCUT2D eigenvalue weighted by molar-refractivity contribution is 5.53. The number of rotatable bonds is 6. The minimum Gasteiger partial charge on any atom is -0.313 e. The van der Waals surface area contributed by atoms with Gasteiger partial charge in [0.05, 0.1) is 0 Å². The van der Waals surface area contributed by atoms with Crippen LogP contribution in [0.1, 0.15) is 46.5 Å². The molecule has 0 aromatic heterocycles. The first-order valence-corrected chi connectivity index (χ1v) is 4.65. The van der Waals surface area contributed by atoms with E-state index < -0.39 is 0 Å². The van der Waals surface area contributed by atoms with Gasteiger partial charge in [0.15, 0.2) is 0 Å². The van der Waals surface area contributed by atoms with Crippen molar-refractivity contribution in [2.45, 2.75) is 46.5 Å². The molecule has 0 saturated heterocycles. The normalized spacial score (nSPS) is 13.5. The Hall–Kier alpha value is -0.330. The van der Waals surface area contributed by atoms with Crippen molar-refractivity contribution in [3.05, 3.63) is 0 Å². The zero-order valence-corrected chi connectivity index (χ0v) is 8.06. The van der Waals surface area contributed by atoms with Crippen molar-refractivity contribution >= 4 is 6.21 Å². The van der Waals surface area contributed by atoms with E-state index in [4.69, 9.17) is 5.41 Å². The van der Waals surface area contributed by atoms with Gasteiger partial charge in [0, 0.05) is 0 Å². The molecule has 0 saturated carbocycles. The van der Waals surface area contributed by atoms with Gasteiger partial charge in [-0.2, -0.15) is 0 Å². The lowest BCUT2D eigenvalue weighted by atomic mass is 9.98. The molecule has 1 nitrogen and oxygen atoms in total. The summed E-state index contributed by atoms with van der Waals surface area (Å²) in [5.41, 5.74) is 0. The van der Waals surface area contributed by atoms with E-state index >= 15 is 0 Å². The van der Waals surface area contributed by atoms with Crippen LogP contribution in [0.2, 0.25) is 0 Å². The molecule has 0 aromatic rings. The lowest BCUT2D eigenvalue weighted by Gasteiger charge is -2.08. The van der Waals surface area contributed by atoms with E-state index in [-0.39, 0.29) is 0 Å². The average Bonchev–Trinajstić information content (AvgIpc) is 1.87. The van der Waals surface area contributed by atoms with Crippen LogP contribution in [0.15, 0.2) is 0 Å². The molecular weight excluding hydrogens is 134 g/mol. The van der Waals surface area contributed by atoms with Crippen LogP contribution in [0.3, 0.4) is 0 Å². The van der Waals surface area contributed by atoms with Gasteiger partial charge in [0.25, 0.3) is 0 Å². The molecule has 1 unspecified atom stereocenters. The van der Waals surface area contributed by atoms with Crippen molar-refractivity contribution in [1.82, 2.24) is 0 Å². The summed E-state index contributed by atoms with van der Waals surface area (Å²) in [7, 11) is 0. The zero-order chi connectivity index (χ0) is 8.69. The van der Waals surface area contributed by atoms with E-state index in [0.717, 1.165) is 12.3 Å². The Morgan fingerprint density at radius 3 is 2.27 bits per heavy atom. The summed E-state index contributed by atoms with van der Waals surface area (Å²) in [6.07, 6.45) is 6.43. The SMILES string of the molecule is CC(C)CCCC(C)CC=N. The third-order valence-electron chi connectivity index (χ3n) is 2.00. The molecule has 0 rings (SSSR count). The van der Waals surface area contributed by atoms with Gasteiger partial charge >= 0.3 is 0 Å². The molecule has 0 aliphatic carbocycles. The van der Waals surface area contributed by atoms with Crippen LogP contribution >= 0.6 is 0 Å². The number of hydrogen-bond donors (Lipinski definition) is 1. The number of nitrogens with one attached hydrogen (secondary N) is 1. The fourth-order valence-corrected chi connectivity index (χ4v) is 1.19. The minimum absolute atomic E-state index is 0.714. The smallest absolute Gasteiger partial charge is 0.00451 e. The van der Waals surface area contributed by atoms with Crippen molar-refractivity contribution in [3.63, 3.8) is 0 Å². The van der Waals surface area contributed by atoms with Crippen LogP contribution < -0.4 is 0 Å². The van der Waals surface area contributed by atoms with Crippen LogP contribution in [0.4, 0.5) is 0 Å². The second-order valence-corrected chi connectivity index (χ2v) is 3.87. The van der Waals surface area contributed by atoms with Crippen molar-refractivity contribution in [2.24, 2.45) is 11.8 Å². The highest BCUT2D eigenvalue weighted by atomic mass is 14.3.